The molecule has 0 amide bonds. The molecule has 1 aliphatic carbocycles. The fraction of sp³-hybridized carbons (Fsp3) is 0.393. The Kier molecular flexibility index (Phi) is 7.22. The van der Waals surface area contributed by atoms with Crippen molar-refractivity contribution in [2.24, 2.45) is 13.0 Å². The lowest BCUT2D eigenvalue weighted by Crippen LogP contribution is -2.28. The zero-order valence-electron chi connectivity index (χ0n) is 21.2. The van der Waals surface area contributed by atoms with E-state index in [0.717, 1.165) is 76.9 Å². The van der Waals surface area contributed by atoms with Gasteiger partial charge in [-0.2, -0.15) is 13.2 Å². The van der Waals surface area contributed by atoms with Crippen LogP contribution < -0.4 is 0 Å². The van der Waals surface area contributed by atoms with Crippen molar-refractivity contribution in [1.82, 2.24) is 24.6 Å². The number of benzene rings is 2. The largest absolute Gasteiger partial charge is 0.416 e. The van der Waals surface area contributed by atoms with Crippen LogP contribution in [0.2, 0.25) is 0 Å². The van der Waals surface area contributed by atoms with Crippen molar-refractivity contribution in [1.29, 1.82) is 0 Å². The maximum absolute atomic E-state index is 12.9. The fourth-order valence-electron chi connectivity index (χ4n) is 5.77. The molecule has 0 spiro atoms. The third kappa shape index (κ3) is 4.92. The van der Waals surface area contributed by atoms with Gasteiger partial charge in [0.15, 0.2) is 11.0 Å². The molecule has 0 unspecified atom stereocenters. The Balaban J connectivity index is 0.00000294. The number of pyridine rings is 1. The molecule has 38 heavy (non-hydrogen) atoms. The number of thioether (sulfide) groups is 1. The lowest BCUT2D eigenvalue weighted by Gasteiger charge is -2.21. The van der Waals surface area contributed by atoms with E-state index in [1.807, 2.05) is 36.7 Å². The Bertz CT molecular complexity index is 1460. The number of piperidine rings is 1. The second-order valence-electron chi connectivity index (χ2n) is 10.3. The number of halogens is 4. The molecule has 1 saturated heterocycles. The van der Waals surface area contributed by atoms with Gasteiger partial charge in [0.1, 0.15) is 0 Å². The Morgan fingerprint density at radius 3 is 2.61 bits per heavy atom. The first-order valence-corrected chi connectivity index (χ1v) is 13.5. The van der Waals surface area contributed by atoms with Gasteiger partial charge in [-0.3, -0.25) is 4.98 Å². The first kappa shape index (κ1) is 27.0. The monoisotopic (exact) mass is 559 g/mol. The molecule has 10 heteroatoms. The Morgan fingerprint density at radius 2 is 1.84 bits per heavy atom. The molecule has 2 aromatic carbocycles. The van der Waals surface area contributed by atoms with Crippen molar-refractivity contribution in [3.8, 4) is 11.4 Å². The Hall–Kier alpha value is -2.62. The molecule has 1 aliphatic heterocycles. The molecule has 0 radical (unpaired) electrons. The van der Waals surface area contributed by atoms with Crippen molar-refractivity contribution in [3.05, 3.63) is 71.4 Å². The topological polar surface area (TPSA) is 46.8 Å². The van der Waals surface area contributed by atoms with Crippen LogP contribution in [0.4, 0.5) is 13.2 Å². The van der Waals surface area contributed by atoms with Crippen molar-refractivity contribution < 1.29 is 13.2 Å². The molecule has 4 aromatic rings. The summed E-state index contributed by atoms with van der Waals surface area (Å²) in [6, 6.07) is 16.0. The zero-order valence-corrected chi connectivity index (χ0v) is 22.8. The first-order chi connectivity index (χ1) is 17.7. The van der Waals surface area contributed by atoms with Gasteiger partial charge in [-0.25, -0.2) is 0 Å². The highest BCUT2D eigenvalue weighted by atomic mass is 35.5. The number of nitrogens with zero attached hydrogens (tertiary/aromatic N) is 5. The van der Waals surface area contributed by atoms with Crippen LogP contribution in [-0.4, -0.2) is 50.0 Å². The lowest BCUT2D eigenvalue weighted by atomic mass is 9.94. The van der Waals surface area contributed by atoms with Crippen molar-refractivity contribution in [3.63, 3.8) is 0 Å². The van der Waals surface area contributed by atoms with Crippen LogP contribution in [0.25, 0.3) is 22.3 Å². The molecule has 1 saturated carbocycles. The van der Waals surface area contributed by atoms with E-state index < -0.39 is 11.7 Å². The Labute approximate surface area is 230 Å². The Morgan fingerprint density at radius 1 is 1.05 bits per heavy atom. The minimum absolute atomic E-state index is 0. The summed E-state index contributed by atoms with van der Waals surface area (Å²) >= 11 is 1.71. The van der Waals surface area contributed by atoms with Gasteiger partial charge >= 0.3 is 6.18 Å². The molecule has 5 nitrogen and oxygen atoms in total. The number of alkyl halides is 3. The average molecular weight is 560 g/mol. The summed E-state index contributed by atoms with van der Waals surface area (Å²) in [4.78, 5) is 7.09. The molecule has 0 bridgehead atoms. The molecular formula is C28H29ClF3N5S. The van der Waals surface area contributed by atoms with Crippen LogP contribution in [0.3, 0.4) is 0 Å². The summed E-state index contributed by atoms with van der Waals surface area (Å²) < 4.78 is 40.8. The predicted molar refractivity (Wildman–Crippen MR) is 147 cm³/mol. The lowest BCUT2D eigenvalue weighted by molar-refractivity contribution is -0.137. The van der Waals surface area contributed by atoms with Gasteiger partial charge in [-0.15, -0.1) is 22.6 Å². The fourth-order valence-corrected chi connectivity index (χ4v) is 6.61. The van der Waals surface area contributed by atoms with E-state index in [9.17, 15) is 13.2 Å². The highest BCUT2D eigenvalue weighted by molar-refractivity contribution is 7.99. The van der Waals surface area contributed by atoms with Crippen molar-refractivity contribution >= 4 is 35.1 Å². The van der Waals surface area contributed by atoms with Crippen LogP contribution in [-0.2, 0) is 18.6 Å². The van der Waals surface area contributed by atoms with Crippen LogP contribution in [0.5, 0.6) is 0 Å². The molecule has 0 N–H and O–H groups in total. The summed E-state index contributed by atoms with van der Waals surface area (Å²) in [5.41, 5.74) is 3.48. The van der Waals surface area contributed by atoms with Gasteiger partial charge in [0.05, 0.1) is 11.1 Å². The smallest absolute Gasteiger partial charge is 0.305 e. The van der Waals surface area contributed by atoms with E-state index >= 15 is 0 Å². The number of aromatic nitrogens is 4. The quantitative estimate of drug-likeness (QED) is 0.190. The number of likely N-dealkylation sites (tertiary alicyclic amines) is 1. The molecular weight excluding hydrogens is 531 g/mol. The molecule has 3 heterocycles. The van der Waals surface area contributed by atoms with Crippen molar-refractivity contribution in [2.45, 2.75) is 36.5 Å². The number of aryl methyl sites for hydroxylation is 1. The standard InChI is InChI=1S/C28H28F3N5S.ClH/c1-18-7-12-22-23(5-3-6-24(22)32-18)25-33-34-26(35(25)2)37-14-4-13-36-16-21-15-27(21,17-36)19-8-10-20(11-9-19)28(29,30)31;/h3,5-12,21H,4,13-17H2,1-2H3;1H/t21-,27+;/m0./s1. The molecule has 2 aliphatic rings. The van der Waals surface area contributed by atoms with Crippen LogP contribution in [0.1, 0.15) is 29.7 Å². The molecule has 200 valence electrons. The highest BCUT2D eigenvalue weighted by Gasteiger charge is 2.60. The second kappa shape index (κ2) is 10.2. The number of rotatable bonds is 7. The maximum Gasteiger partial charge on any atom is 0.416 e. The predicted octanol–water partition coefficient (Wildman–Crippen LogP) is 6.54. The minimum atomic E-state index is -4.28. The highest BCUT2D eigenvalue weighted by Crippen LogP contribution is 2.59. The van der Waals surface area contributed by atoms with Gasteiger partial charge in [0.2, 0.25) is 0 Å². The van der Waals surface area contributed by atoms with Gasteiger partial charge in [-0.05, 0) is 62.1 Å². The SMILES string of the molecule is Cc1ccc2c(-c3nnc(SCCCN4C[C@@H]5C[C@]5(c5ccc(C(F)(F)F)cc5)C4)n3C)cccc2n1.Cl. The van der Waals surface area contributed by atoms with Gasteiger partial charge in [0, 0.05) is 47.9 Å². The summed E-state index contributed by atoms with van der Waals surface area (Å²) in [7, 11) is 2.00. The third-order valence-corrected chi connectivity index (χ3v) is 8.91. The molecule has 2 aromatic heterocycles. The van der Waals surface area contributed by atoms with Crippen LogP contribution >= 0.6 is 24.2 Å². The van der Waals surface area contributed by atoms with Crippen LogP contribution in [0.15, 0.2) is 59.8 Å². The van der Waals surface area contributed by atoms with E-state index in [2.05, 4.69) is 32.2 Å². The maximum atomic E-state index is 12.9. The second-order valence-corrected chi connectivity index (χ2v) is 11.3. The average Bonchev–Trinajstić information content (AvgIpc) is 3.25. The van der Waals surface area contributed by atoms with E-state index in [4.69, 9.17) is 0 Å². The number of hydrogen-bond acceptors (Lipinski definition) is 5. The van der Waals surface area contributed by atoms with Gasteiger partial charge < -0.3 is 9.47 Å². The van der Waals surface area contributed by atoms with Crippen molar-refractivity contribution in [2.75, 3.05) is 25.4 Å². The molecule has 2 atom stereocenters. The van der Waals surface area contributed by atoms with E-state index in [1.54, 1.807) is 23.9 Å². The summed E-state index contributed by atoms with van der Waals surface area (Å²) in [6.45, 7) is 4.92. The van der Waals surface area contributed by atoms with E-state index in [-0.39, 0.29) is 17.8 Å². The summed E-state index contributed by atoms with van der Waals surface area (Å²) in [6.07, 6.45) is -2.19. The van der Waals surface area contributed by atoms with E-state index in [0.29, 0.717) is 5.92 Å². The third-order valence-electron chi connectivity index (χ3n) is 7.80. The zero-order chi connectivity index (χ0) is 25.8. The normalized spacial score (nSPS) is 20.9. The van der Waals surface area contributed by atoms with Gasteiger partial charge in [-0.1, -0.05) is 42.1 Å². The number of fused-ring (bicyclic) bond motifs is 2. The number of hydrogen-bond donors (Lipinski definition) is 0. The molecule has 6 rings (SSSR count). The van der Waals surface area contributed by atoms with E-state index in [1.165, 1.54) is 12.1 Å². The summed E-state index contributed by atoms with van der Waals surface area (Å²) in [5.74, 6) is 2.31. The first-order valence-electron chi connectivity index (χ1n) is 12.5. The minimum Gasteiger partial charge on any atom is -0.305 e. The summed E-state index contributed by atoms with van der Waals surface area (Å²) in [5, 5.41) is 10.9. The molecule has 2 fully saturated rings. The van der Waals surface area contributed by atoms with Crippen LogP contribution in [0, 0.1) is 12.8 Å². The van der Waals surface area contributed by atoms with Gasteiger partial charge in [0.25, 0.3) is 0 Å².